The lowest BCUT2D eigenvalue weighted by molar-refractivity contribution is 0.147. The van der Waals surface area contributed by atoms with Crippen LogP contribution in [0.15, 0.2) is 6.20 Å². The number of aromatic nitrogens is 1. The van der Waals surface area contributed by atoms with Gasteiger partial charge in [-0.25, -0.2) is 13.8 Å². The third kappa shape index (κ3) is 1.80. The summed E-state index contributed by atoms with van der Waals surface area (Å²) in [4.78, 5) is 3.50. The smallest absolute Gasteiger partial charge is 0.269 e. The minimum Gasteiger partial charge on any atom is -0.506 e. The molecule has 1 rings (SSSR count). The number of hydrogen-bond acceptors (Lipinski definition) is 3. The monoisotopic (exact) mass is 209 g/mol. The van der Waals surface area contributed by atoms with Gasteiger partial charge < -0.3 is 9.84 Å². The molecule has 0 saturated heterocycles. The highest BCUT2D eigenvalue weighted by atomic mass is 35.5. The van der Waals surface area contributed by atoms with Crippen molar-refractivity contribution in [3.8, 4) is 11.6 Å². The van der Waals surface area contributed by atoms with Gasteiger partial charge in [0.05, 0.1) is 18.9 Å². The Bertz CT molecular complexity index is 320. The zero-order chi connectivity index (χ0) is 10.0. The predicted octanol–water partition coefficient (Wildman–Crippen LogP) is 2.39. The van der Waals surface area contributed by atoms with Crippen molar-refractivity contribution in [1.29, 1.82) is 0 Å². The quantitative estimate of drug-likeness (QED) is 0.813. The first kappa shape index (κ1) is 9.98. The molecular formula is C7H6ClF2NO2. The number of nitrogens with zero attached hydrogens (tertiary/aromatic N) is 1. The Kier molecular flexibility index (Phi) is 2.87. The van der Waals surface area contributed by atoms with E-state index in [-0.39, 0.29) is 10.9 Å². The van der Waals surface area contributed by atoms with Crippen LogP contribution in [0.4, 0.5) is 8.78 Å². The van der Waals surface area contributed by atoms with E-state index in [0.29, 0.717) is 0 Å². The van der Waals surface area contributed by atoms with Crippen LogP contribution in [0.25, 0.3) is 0 Å². The highest BCUT2D eigenvalue weighted by Crippen LogP contribution is 2.38. The molecule has 1 N–H and O–H groups in total. The molecule has 0 spiro atoms. The number of hydrogen-bond donors (Lipinski definition) is 1. The molecule has 13 heavy (non-hydrogen) atoms. The van der Waals surface area contributed by atoms with Crippen LogP contribution in [0.1, 0.15) is 12.0 Å². The average molecular weight is 210 g/mol. The molecule has 0 aliphatic rings. The third-order valence-electron chi connectivity index (χ3n) is 1.42. The standard InChI is InChI=1S/C7H6ClF2NO2/c1-13-7-5(8)4(6(9)10)3(12)2-11-7/h2,6,12H,1H3. The van der Waals surface area contributed by atoms with E-state index in [2.05, 4.69) is 9.72 Å². The number of halogens is 3. The molecule has 0 aromatic carbocycles. The number of aromatic hydroxyl groups is 1. The van der Waals surface area contributed by atoms with Crippen molar-refractivity contribution in [1.82, 2.24) is 4.98 Å². The van der Waals surface area contributed by atoms with Crippen LogP contribution in [-0.4, -0.2) is 17.2 Å². The van der Waals surface area contributed by atoms with Crippen LogP contribution in [0.2, 0.25) is 5.02 Å². The Morgan fingerprint density at radius 3 is 2.69 bits per heavy atom. The lowest BCUT2D eigenvalue weighted by Gasteiger charge is -2.08. The summed E-state index contributed by atoms with van der Waals surface area (Å²) < 4.78 is 29.2. The first-order valence-corrected chi connectivity index (χ1v) is 3.65. The van der Waals surface area contributed by atoms with Crippen LogP contribution < -0.4 is 4.74 Å². The van der Waals surface area contributed by atoms with Gasteiger partial charge in [0.25, 0.3) is 6.43 Å². The number of methoxy groups -OCH3 is 1. The Morgan fingerprint density at radius 2 is 2.23 bits per heavy atom. The van der Waals surface area contributed by atoms with Gasteiger partial charge in [0, 0.05) is 0 Å². The fourth-order valence-electron chi connectivity index (χ4n) is 0.824. The van der Waals surface area contributed by atoms with Crippen molar-refractivity contribution in [3.05, 3.63) is 16.8 Å². The topological polar surface area (TPSA) is 42.4 Å². The fraction of sp³-hybridized carbons (Fsp3) is 0.286. The van der Waals surface area contributed by atoms with Crippen LogP contribution in [0, 0.1) is 0 Å². The lowest BCUT2D eigenvalue weighted by Crippen LogP contribution is -1.94. The SMILES string of the molecule is COc1ncc(O)c(C(F)F)c1Cl. The Morgan fingerprint density at radius 1 is 1.62 bits per heavy atom. The van der Waals surface area contributed by atoms with Crippen molar-refractivity contribution in [2.45, 2.75) is 6.43 Å². The second kappa shape index (κ2) is 3.74. The van der Waals surface area contributed by atoms with E-state index < -0.39 is 17.7 Å². The van der Waals surface area contributed by atoms with Crippen molar-refractivity contribution in [2.75, 3.05) is 7.11 Å². The molecule has 1 aromatic rings. The normalized spacial score (nSPS) is 10.5. The van der Waals surface area contributed by atoms with Gasteiger partial charge in [-0.2, -0.15) is 0 Å². The summed E-state index contributed by atoms with van der Waals surface area (Å²) in [6, 6.07) is 0. The molecule has 0 bridgehead atoms. The summed E-state index contributed by atoms with van der Waals surface area (Å²) >= 11 is 5.48. The second-order valence-corrected chi connectivity index (χ2v) is 2.56. The second-order valence-electron chi connectivity index (χ2n) is 2.18. The van der Waals surface area contributed by atoms with Crippen LogP contribution >= 0.6 is 11.6 Å². The van der Waals surface area contributed by atoms with E-state index in [1.54, 1.807) is 0 Å². The number of ether oxygens (including phenoxy) is 1. The molecule has 0 aliphatic carbocycles. The molecule has 0 atom stereocenters. The van der Waals surface area contributed by atoms with E-state index in [4.69, 9.17) is 16.7 Å². The fourth-order valence-corrected chi connectivity index (χ4v) is 1.13. The maximum Gasteiger partial charge on any atom is 0.269 e. The van der Waals surface area contributed by atoms with Crippen LogP contribution in [0.5, 0.6) is 11.6 Å². The summed E-state index contributed by atoms with van der Waals surface area (Å²) in [5.41, 5.74) is -0.659. The summed E-state index contributed by atoms with van der Waals surface area (Å²) in [6.07, 6.45) is -1.99. The number of pyridine rings is 1. The molecular weight excluding hydrogens is 204 g/mol. The third-order valence-corrected chi connectivity index (χ3v) is 1.78. The molecule has 0 aliphatic heterocycles. The van der Waals surface area contributed by atoms with Gasteiger partial charge in [0.1, 0.15) is 10.8 Å². The molecule has 0 fully saturated rings. The summed E-state index contributed by atoms with van der Waals surface area (Å²) in [6.45, 7) is 0. The first-order chi connectivity index (χ1) is 6.07. The zero-order valence-electron chi connectivity index (χ0n) is 6.59. The van der Waals surface area contributed by atoms with E-state index in [1.807, 2.05) is 0 Å². The lowest BCUT2D eigenvalue weighted by atomic mass is 10.2. The molecule has 0 amide bonds. The van der Waals surface area contributed by atoms with Gasteiger partial charge in [-0.05, 0) is 0 Å². The largest absolute Gasteiger partial charge is 0.506 e. The van der Waals surface area contributed by atoms with Gasteiger partial charge in [-0.15, -0.1) is 0 Å². The van der Waals surface area contributed by atoms with Gasteiger partial charge in [0.2, 0.25) is 5.88 Å². The van der Waals surface area contributed by atoms with Gasteiger partial charge in [0.15, 0.2) is 0 Å². The number of rotatable bonds is 2. The molecule has 0 radical (unpaired) electrons. The van der Waals surface area contributed by atoms with Crippen LogP contribution in [0.3, 0.4) is 0 Å². The van der Waals surface area contributed by atoms with E-state index in [0.717, 1.165) is 6.20 Å². The molecule has 1 heterocycles. The highest BCUT2D eigenvalue weighted by molar-refractivity contribution is 6.32. The Labute approximate surface area is 77.9 Å². The summed E-state index contributed by atoms with van der Waals surface area (Å²) in [5.74, 6) is -0.768. The first-order valence-electron chi connectivity index (χ1n) is 3.27. The maximum atomic E-state index is 12.3. The maximum absolute atomic E-state index is 12.3. The van der Waals surface area contributed by atoms with Gasteiger partial charge in [-0.3, -0.25) is 0 Å². The van der Waals surface area contributed by atoms with E-state index in [9.17, 15) is 8.78 Å². The Balaban J connectivity index is 3.30. The molecule has 3 nitrogen and oxygen atoms in total. The highest BCUT2D eigenvalue weighted by Gasteiger charge is 2.21. The molecule has 6 heteroatoms. The van der Waals surface area contributed by atoms with E-state index in [1.165, 1.54) is 7.11 Å². The van der Waals surface area contributed by atoms with Crippen molar-refractivity contribution >= 4 is 11.6 Å². The van der Waals surface area contributed by atoms with E-state index >= 15 is 0 Å². The van der Waals surface area contributed by atoms with Gasteiger partial charge in [-0.1, -0.05) is 11.6 Å². The molecule has 72 valence electrons. The summed E-state index contributed by atoms with van der Waals surface area (Å²) in [7, 11) is 1.25. The van der Waals surface area contributed by atoms with Crippen LogP contribution in [-0.2, 0) is 0 Å². The van der Waals surface area contributed by atoms with Crippen molar-refractivity contribution in [3.63, 3.8) is 0 Å². The molecule has 0 unspecified atom stereocenters. The minimum absolute atomic E-state index is 0.130. The van der Waals surface area contributed by atoms with Crippen molar-refractivity contribution in [2.24, 2.45) is 0 Å². The van der Waals surface area contributed by atoms with Gasteiger partial charge >= 0.3 is 0 Å². The Hall–Kier alpha value is -1.10. The minimum atomic E-state index is -2.86. The van der Waals surface area contributed by atoms with Crippen molar-refractivity contribution < 1.29 is 18.6 Å². The molecule has 0 saturated carbocycles. The molecule has 1 aromatic heterocycles. The number of alkyl halides is 2. The zero-order valence-corrected chi connectivity index (χ0v) is 7.35. The summed E-state index contributed by atoms with van der Waals surface area (Å²) in [5, 5.41) is 8.64. The average Bonchev–Trinajstić information content (AvgIpc) is 2.04. The predicted molar refractivity (Wildman–Crippen MR) is 42.4 cm³/mol.